The van der Waals surface area contributed by atoms with Crippen LogP contribution >= 0.6 is 0 Å². The summed E-state index contributed by atoms with van der Waals surface area (Å²) >= 11 is 0. The van der Waals surface area contributed by atoms with Crippen molar-refractivity contribution < 1.29 is 28.5 Å². The van der Waals surface area contributed by atoms with E-state index in [2.05, 4.69) is 0 Å². The van der Waals surface area contributed by atoms with Crippen molar-refractivity contribution in [3.63, 3.8) is 0 Å². The minimum atomic E-state index is -0.537. The highest BCUT2D eigenvalue weighted by atomic mass is 16.5. The lowest BCUT2D eigenvalue weighted by Gasteiger charge is -2.07. The van der Waals surface area contributed by atoms with Gasteiger partial charge in [0.1, 0.15) is 23.0 Å². The summed E-state index contributed by atoms with van der Waals surface area (Å²) in [6, 6.07) is 18.7. The molecule has 0 saturated heterocycles. The van der Waals surface area contributed by atoms with Crippen molar-refractivity contribution >= 4 is 17.8 Å². The quantitative estimate of drug-likeness (QED) is 0.322. The van der Waals surface area contributed by atoms with Gasteiger partial charge in [0.15, 0.2) is 5.76 Å². The van der Waals surface area contributed by atoms with E-state index >= 15 is 0 Å². The van der Waals surface area contributed by atoms with Gasteiger partial charge in [-0.1, -0.05) is 24.3 Å². The van der Waals surface area contributed by atoms with Crippen molar-refractivity contribution in [1.29, 1.82) is 0 Å². The molecule has 0 fully saturated rings. The normalized spacial score (nSPS) is 13.5. The van der Waals surface area contributed by atoms with Gasteiger partial charge in [0.2, 0.25) is 5.78 Å². The molecule has 0 spiro atoms. The molecule has 3 aromatic rings. The monoisotopic (exact) mass is 416 g/mol. The number of carbonyl (C=O) groups is 2. The Balaban J connectivity index is 1.55. The highest BCUT2D eigenvalue weighted by molar-refractivity contribution is 6.14. The largest absolute Gasteiger partial charge is 0.497 e. The van der Waals surface area contributed by atoms with Gasteiger partial charge in [0.25, 0.3) is 0 Å². The number of para-hydroxylation sites is 1. The van der Waals surface area contributed by atoms with E-state index in [0.717, 1.165) is 5.56 Å². The number of ketones is 1. The minimum absolute atomic E-state index is 0.179. The van der Waals surface area contributed by atoms with Crippen molar-refractivity contribution in [3.8, 4) is 23.0 Å². The van der Waals surface area contributed by atoms with Crippen LogP contribution in [-0.4, -0.2) is 25.5 Å². The van der Waals surface area contributed by atoms with Crippen LogP contribution in [-0.2, 0) is 0 Å². The van der Waals surface area contributed by atoms with Gasteiger partial charge in [-0.2, -0.15) is 0 Å². The zero-order valence-electron chi connectivity index (χ0n) is 17.1. The average molecular weight is 416 g/mol. The number of carbonyl (C=O) groups excluding carboxylic acids is 2. The molecule has 0 amide bonds. The van der Waals surface area contributed by atoms with E-state index in [1.807, 2.05) is 31.2 Å². The summed E-state index contributed by atoms with van der Waals surface area (Å²) in [6.07, 6.45) is 1.65. The molecule has 0 N–H and O–H groups in total. The van der Waals surface area contributed by atoms with Crippen molar-refractivity contribution in [3.05, 3.63) is 89.2 Å². The fourth-order valence-corrected chi connectivity index (χ4v) is 3.17. The molecule has 1 aliphatic heterocycles. The predicted molar refractivity (Wildman–Crippen MR) is 115 cm³/mol. The molecule has 0 atom stereocenters. The smallest absolute Gasteiger partial charge is 0.343 e. The molecule has 3 aromatic carbocycles. The highest BCUT2D eigenvalue weighted by Gasteiger charge is 2.28. The highest BCUT2D eigenvalue weighted by Crippen LogP contribution is 2.36. The number of methoxy groups -OCH3 is 1. The van der Waals surface area contributed by atoms with Crippen molar-refractivity contribution in [2.24, 2.45) is 0 Å². The van der Waals surface area contributed by atoms with E-state index < -0.39 is 5.97 Å². The summed E-state index contributed by atoms with van der Waals surface area (Å²) in [7, 11) is 1.52. The first-order valence-corrected chi connectivity index (χ1v) is 9.75. The number of hydrogen-bond donors (Lipinski definition) is 0. The lowest BCUT2D eigenvalue weighted by Crippen LogP contribution is -2.08. The van der Waals surface area contributed by atoms with Crippen LogP contribution in [0.4, 0.5) is 0 Å². The maximum atomic E-state index is 12.7. The first kappa shape index (κ1) is 20.2. The molecule has 31 heavy (non-hydrogen) atoms. The van der Waals surface area contributed by atoms with Crippen molar-refractivity contribution in [2.75, 3.05) is 13.7 Å². The van der Waals surface area contributed by atoms with Gasteiger partial charge < -0.3 is 18.9 Å². The molecule has 0 unspecified atom stereocenters. The summed E-state index contributed by atoms with van der Waals surface area (Å²) in [5, 5.41) is 0. The van der Waals surface area contributed by atoms with Crippen molar-refractivity contribution in [1.82, 2.24) is 0 Å². The number of hydrogen-bond acceptors (Lipinski definition) is 6. The topological polar surface area (TPSA) is 71.1 Å². The van der Waals surface area contributed by atoms with Gasteiger partial charge in [0.05, 0.1) is 24.8 Å². The SMILES string of the molecule is CCOc1ccccc1C=C1Oc2cc(OC(=O)c3cccc(OC)c3)ccc2C1=O. The summed E-state index contributed by atoms with van der Waals surface area (Å²) in [5.41, 5.74) is 1.50. The molecule has 1 aliphatic rings. The maximum absolute atomic E-state index is 12.7. The van der Waals surface area contributed by atoms with Gasteiger partial charge >= 0.3 is 5.97 Å². The summed E-state index contributed by atoms with van der Waals surface area (Å²) in [5.74, 6) is 1.23. The first-order valence-electron chi connectivity index (χ1n) is 9.75. The summed E-state index contributed by atoms with van der Waals surface area (Å²) < 4.78 is 21.9. The van der Waals surface area contributed by atoms with Crippen LogP contribution in [0.2, 0.25) is 0 Å². The number of fused-ring (bicyclic) bond motifs is 1. The number of allylic oxidation sites excluding steroid dienone is 1. The summed E-state index contributed by atoms with van der Waals surface area (Å²) in [6.45, 7) is 2.41. The number of ether oxygens (including phenoxy) is 4. The zero-order valence-corrected chi connectivity index (χ0v) is 17.1. The Hall–Kier alpha value is -4.06. The molecule has 0 aromatic heterocycles. The molecule has 4 rings (SSSR count). The Morgan fingerprint density at radius 3 is 2.65 bits per heavy atom. The Labute approximate surface area is 179 Å². The lowest BCUT2D eigenvalue weighted by molar-refractivity contribution is 0.0734. The molecular weight excluding hydrogens is 396 g/mol. The van der Waals surface area contributed by atoms with Gasteiger partial charge in [-0.15, -0.1) is 0 Å². The second-order valence-electron chi connectivity index (χ2n) is 6.69. The van der Waals surface area contributed by atoms with Crippen LogP contribution in [0.3, 0.4) is 0 Å². The minimum Gasteiger partial charge on any atom is -0.497 e. The predicted octanol–water partition coefficient (Wildman–Crippen LogP) is 4.93. The molecule has 0 aliphatic carbocycles. The molecule has 1 heterocycles. The molecule has 6 nitrogen and oxygen atoms in total. The van der Waals surface area contributed by atoms with Crippen LogP contribution in [0.15, 0.2) is 72.5 Å². The molecule has 0 radical (unpaired) electrons. The van der Waals surface area contributed by atoms with Crippen LogP contribution in [0, 0.1) is 0 Å². The third kappa shape index (κ3) is 4.28. The summed E-state index contributed by atoms with van der Waals surface area (Å²) in [4.78, 5) is 25.2. The van der Waals surface area contributed by atoms with E-state index in [-0.39, 0.29) is 17.3 Å². The van der Waals surface area contributed by atoms with Crippen LogP contribution in [0.1, 0.15) is 33.2 Å². The Morgan fingerprint density at radius 2 is 1.84 bits per heavy atom. The third-order valence-corrected chi connectivity index (χ3v) is 4.66. The van der Waals surface area contributed by atoms with E-state index in [1.165, 1.54) is 13.2 Å². The van der Waals surface area contributed by atoms with Crippen LogP contribution in [0.5, 0.6) is 23.0 Å². The number of esters is 1. The Kier molecular flexibility index (Phi) is 5.71. The van der Waals surface area contributed by atoms with Crippen LogP contribution < -0.4 is 18.9 Å². The van der Waals surface area contributed by atoms with E-state index in [4.69, 9.17) is 18.9 Å². The van der Waals surface area contributed by atoms with E-state index in [0.29, 0.717) is 35.0 Å². The second kappa shape index (κ2) is 8.75. The number of Topliss-reactive ketones (excluding diaryl/α,β-unsaturated/α-hetero) is 1. The first-order chi connectivity index (χ1) is 15.1. The van der Waals surface area contributed by atoms with Gasteiger partial charge in [0, 0.05) is 11.6 Å². The molecule has 0 bridgehead atoms. The number of rotatable bonds is 6. The molecule has 6 heteroatoms. The van der Waals surface area contributed by atoms with Gasteiger partial charge in [-0.05, 0) is 49.4 Å². The average Bonchev–Trinajstić information content (AvgIpc) is 3.10. The molecular formula is C25H20O6. The molecule has 0 saturated carbocycles. The van der Waals surface area contributed by atoms with E-state index in [9.17, 15) is 9.59 Å². The van der Waals surface area contributed by atoms with Crippen LogP contribution in [0.25, 0.3) is 6.08 Å². The fourth-order valence-electron chi connectivity index (χ4n) is 3.17. The van der Waals surface area contributed by atoms with E-state index in [1.54, 1.807) is 42.5 Å². The second-order valence-corrected chi connectivity index (χ2v) is 6.69. The zero-order chi connectivity index (χ0) is 21.8. The number of benzene rings is 3. The van der Waals surface area contributed by atoms with Crippen molar-refractivity contribution in [2.45, 2.75) is 6.92 Å². The Bertz CT molecular complexity index is 1180. The molecule has 156 valence electrons. The maximum Gasteiger partial charge on any atom is 0.343 e. The standard InChI is InChI=1S/C25H20O6/c1-3-29-21-10-5-4-7-16(21)14-23-24(26)20-12-11-19(15-22(20)31-23)30-25(27)17-8-6-9-18(13-17)28-2/h4-15H,3H2,1-2H3. The van der Waals surface area contributed by atoms with Gasteiger partial charge in [-0.3, -0.25) is 4.79 Å². The Morgan fingerprint density at radius 1 is 1.00 bits per heavy atom. The van der Waals surface area contributed by atoms with Gasteiger partial charge in [-0.25, -0.2) is 4.79 Å². The lowest BCUT2D eigenvalue weighted by atomic mass is 10.1. The third-order valence-electron chi connectivity index (χ3n) is 4.66. The fraction of sp³-hybridized carbons (Fsp3) is 0.120.